The number of nitrogens with one attached hydrogen (secondary N) is 2. The number of rotatable bonds is 6. The van der Waals surface area contributed by atoms with E-state index in [1.54, 1.807) is 4.68 Å². The molecule has 0 bridgehead atoms. The van der Waals surface area contributed by atoms with Crippen molar-refractivity contribution in [1.29, 1.82) is 0 Å². The molecule has 0 radical (unpaired) electrons. The molecule has 26 heavy (non-hydrogen) atoms. The minimum Gasteiger partial charge on any atom is -0.349 e. The predicted octanol–water partition coefficient (Wildman–Crippen LogP) is 3.02. The third-order valence-corrected chi connectivity index (χ3v) is 4.70. The summed E-state index contributed by atoms with van der Waals surface area (Å²) in [5.41, 5.74) is 0.746. The molecule has 1 unspecified atom stereocenters. The fourth-order valence-electron chi connectivity index (χ4n) is 3.06. The third kappa shape index (κ3) is 4.96. The molecule has 1 aromatic heterocycles. The van der Waals surface area contributed by atoms with Crippen molar-refractivity contribution >= 4 is 29.9 Å². The number of hydrogen-bond donors (Lipinski definition) is 2. The zero-order chi connectivity index (χ0) is 17.6. The van der Waals surface area contributed by atoms with Gasteiger partial charge in [-0.05, 0) is 50.4 Å². The second-order valence-corrected chi connectivity index (χ2v) is 6.79. The Morgan fingerprint density at radius 1 is 1.42 bits per heavy atom. The van der Waals surface area contributed by atoms with Gasteiger partial charge >= 0.3 is 0 Å². The van der Waals surface area contributed by atoms with Crippen molar-refractivity contribution in [2.24, 2.45) is 5.92 Å². The van der Waals surface area contributed by atoms with Crippen LogP contribution in [0.1, 0.15) is 42.6 Å². The maximum absolute atomic E-state index is 12.5. The number of para-hydroxylation sites is 1. The lowest BCUT2D eigenvalue weighted by Crippen LogP contribution is -2.38. The first-order valence-corrected chi connectivity index (χ1v) is 9.26. The quantitative estimate of drug-likeness (QED) is 0.785. The number of benzene rings is 1. The van der Waals surface area contributed by atoms with E-state index in [9.17, 15) is 4.79 Å². The molecule has 142 valence electrons. The second-order valence-electron chi connectivity index (χ2n) is 6.39. The number of aryl methyl sites for hydroxylation is 1. The van der Waals surface area contributed by atoms with Crippen LogP contribution in [-0.4, -0.2) is 40.3 Å². The molecule has 8 heteroatoms. The van der Waals surface area contributed by atoms with Gasteiger partial charge in [0.15, 0.2) is 0 Å². The number of carbonyl (C=O) groups is 1. The van der Waals surface area contributed by atoms with E-state index in [0.717, 1.165) is 50.3 Å². The van der Waals surface area contributed by atoms with E-state index in [2.05, 4.69) is 27.6 Å². The molecular formula is C18H25Cl2N5O. The predicted molar refractivity (Wildman–Crippen MR) is 106 cm³/mol. The van der Waals surface area contributed by atoms with Crippen LogP contribution in [0.25, 0.3) is 5.69 Å². The number of carbonyl (C=O) groups excluding carboxylic acids is 1. The van der Waals surface area contributed by atoms with Gasteiger partial charge in [0.05, 0.1) is 10.7 Å². The van der Waals surface area contributed by atoms with E-state index in [1.165, 1.54) is 0 Å². The molecule has 2 aromatic rings. The molecule has 1 aliphatic rings. The van der Waals surface area contributed by atoms with E-state index >= 15 is 0 Å². The highest BCUT2D eigenvalue weighted by Gasteiger charge is 2.20. The van der Waals surface area contributed by atoms with Crippen molar-refractivity contribution < 1.29 is 4.79 Å². The third-order valence-electron chi connectivity index (χ3n) is 4.38. The Morgan fingerprint density at radius 3 is 2.92 bits per heavy atom. The fraction of sp³-hybridized carbons (Fsp3) is 0.500. The number of hydrogen-bond acceptors (Lipinski definition) is 4. The first-order valence-electron chi connectivity index (χ1n) is 8.88. The van der Waals surface area contributed by atoms with Crippen LogP contribution >= 0.6 is 24.0 Å². The van der Waals surface area contributed by atoms with Crippen LogP contribution in [-0.2, 0) is 6.42 Å². The summed E-state index contributed by atoms with van der Waals surface area (Å²) in [6.45, 7) is 4.73. The molecule has 1 atom stereocenters. The summed E-state index contributed by atoms with van der Waals surface area (Å²) >= 11 is 6.29. The Bertz CT molecular complexity index is 728. The molecule has 6 nitrogen and oxygen atoms in total. The van der Waals surface area contributed by atoms with Crippen molar-refractivity contribution in [1.82, 2.24) is 25.4 Å². The van der Waals surface area contributed by atoms with E-state index in [-0.39, 0.29) is 24.1 Å². The van der Waals surface area contributed by atoms with Crippen LogP contribution in [0.15, 0.2) is 24.3 Å². The summed E-state index contributed by atoms with van der Waals surface area (Å²) in [7, 11) is 0. The average molecular weight is 398 g/mol. The minimum atomic E-state index is -0.228. The Hall–Kier alpha value is -1.63. The van der Waals surface area contributed by atoms with E-state index in [0.29, 0.717) is 17.5 Å². The summed E-state index contributed by atoms with van der Waals surface area (Å²) in [5, 5.41) is 11.3. The van der Waals surface area contributed by atoms with Crippen molar-refractivity contribution in [3.8, 4) is 5.69 Å². The van der Waals surface area contributed by atoms with Crippen molar-refractivity contribution in [2.75, 3.05) is 19.6 Å². The maximum Gasteiger partial charge on any atom is 0.290 e. The topological polar surface area (TPSA) is 71.8 Å². The second kappa shape index (κ2) is 9.90. The normalized spacial score (nSPS) is 16.8. The highest BCUT2D eigenvalue weighted by Crippen LogP contribution is 2.21. The number of aromatic nitrogens is 3. The summed E-state index contributed by atoms with van der Waals surface area (Å²) < 4.78 is 1.68. The van der Waals surface area contributed by atoms with Gasteiger partial charge in [0.25, 0.3) is 5.91 Å². The van der Waals surface area contributed by atoms with Gasteiger partial charge in [-0.3, -0.25) is 4.79 Å². The molecule has 0 saturated carbocycles. The summed E-state index contributed by atoms with van der Waals surface area (Å²) in [6, 6.07) is 7.46. The van der Waals surface area contributed by atoms with Crippen LogP contribution in [0.4, 0.5) is 0 Å². The van der Waals surface area contributed by atoms with Crippen LogP contribution in [0, 0.1) is 5.92 Å². The lowest BCUT2D eigenvalue weighted by Gasteiger charge is -2.22. The highest BCUT2D eigenvalue weighted by molar-refractivity contribution is 6.32. The van der Waals surface area contributed by atoms with Crippen molar-refractivity contribution in [2.45, 2.75) is 32.6 Å². The molecule has 0 aliphatic carbocycles. The Balaban J connectivity index is 0.00000243. The fourth-order valence-corrected chi connectivity index (χ4v) is 3.27. The zero-order valence-corrected chi connectivity index (χ0v) is 16.4. The SMILES string of the molecule is CCCc1nc(C(=O)NCC2CCCNC2)nn1-c1ccccc1Cl.Cl. The monoisotopic (exact) mass is 397 g/mol. The first-order chi connectivity index (χ1) is 12.2. The Kier molecular flexibility index (Phi) is 7.87. The molecule has 1 amide bonds. The van der Waals surface area contributed by atoms with Crippen LogP contribution in [0.2, 0.25) is 5.02 Å². The number of piperidine rings is 1. The molecule has 1 aliphatic heterocycles. The van der Waals surface area contributed by atoms with E-state index in [1.807, 2.05) is 24.3 Å². The van der Waals surface area contributed by atoms with Crippen LogP contribution < -0.4 is 10.6 Å². The van der Waals surface area contributed by atoms with Gasteiger partial charge < -0.3 is 10.6 Å². The average Bonchev–Trinajstić information content (AvgIpc) is 3.05. The van der Waals surface area contributed by atoms with Gasteiger partial charge in [-0.1, -0.05) is 30.7 Å². The summed E-state index contributed by atoms with van der Waals surface area (Å²) in [6.07, 6.45) is 3.94. The molecule has 1 saturated heterocycles. The van der Waals surface area contributed by atoms with Gasteiger partial charge in [-0.15, -0.1) is 17.5 Å². The maximum atomic E-state index is 12.5. The Morgan fingerprint density at radius 2 is 2.23 bits per heavy atom. The van der Waals surface area contributed by atoms with E-state index < -0.39 is 0 Å². The van der Waals surface area contributed by atoms with E-state index in [4.69, 9.17) is 11.6 Å². The van der Waals surface area contributed by atoms with Gasteiger partial charge in [0.2, 0.25) is 5.82 Å². The molecule has 0 spiro atoms. The number of nitrogens with zero attached hydrogens (tertiary/aromatic N) is 3. The smallest absolute Gasteiger partial charge is 0.290 e. The minimum absolute atomic E-state index is 0. The largest absolute Gasteiger partial charge is 0.349 e. The van der Waals surface area contributed by atoms with Gasteiger partial charge in [-0.25, -0.2) is 9.67 Å². The molecule has 1 aromatic carbocycles. The molecule has 1 fully saturated rings. The van der Waals surface area contributed by atoms with Crippen LogP contribution in [0.3, 0.4) is 0 Å². The molecule has 3 rings (SSSR count). The van der Waals surface area contributed by atoms with Gasteiger partial charge in [-0.2, -0.15) is 0 Å². The number of halogens is 2. The van der Waals surface area contributed by atoms with Crippen LogP contribution in [0.5, 0.6) is 0 Å². The zero-order valence-electron chi connectivity index (χ0n) is 14.9. The standard InChI is InChI=1S/C18H24ClN5O.ClH/c1-2-6-16-22-17(18(25)21-12-13-7-5-10-20-11-13)23-24(16)15-9-4-3-8-14(15)19;/h3-4,8-9,13,20H,2,5-7,10-12H2,1H3,(H,21,25);1H. The van der Waals surface area contributed by atoms with Gasteiger partial charge in [0, 0.05) is 13.0 Å². The molecular weight excluding hydrogens is 373 g/mol. The lowest BCUT2D eigenvalue weighted by atomic mass is 10.00. The van der Waals surface area contributed by atoms with Crippen molar-refractivity contribution in [3.63, 3.8) is 0 Å². The summed E-state index contributed by atoms with van der Waals surface area (Å²) in [4.78, 5) is 16.9. The lowest BCUT2D eigenvalue weighted by molar-refractivity contribution is 0.0934. The number of amides is 1. The van der Waals surface area contributed by atoms with Gasteiger partial charge in [0.1, 0.15) is 5.82 Å². The Labute approximate surface area is 165 Å². The first kappa shape index (κ1) is 20.7. The highest BCUT2D eigenvalue weighted by atomic mass is 35.5. The molecule has 2 N–H and O–H groups in total. The summed E-state index contributed by atoms with van der Waals surface area (Å²) in [5.74, 6) is 1.19. The molecule has 2 heterocycles. The van der Waals surface area contributed by atoms with Crippen molar-refractivity contribution in [3.05, 3.63) is 40.9 Å².